The number of nitrogens with one attached hydrogen (secondary N) is 2. The molecule has 0 aromatic rings. The Morgan fingerprint density at radius 1 is 1.39 bits per heavy atom. The Morgan fingerprint density at radius 3 is 2.83 bits per heavy atom. The van der Waals surface area contributed by atoms with E-state index < -0.39 is 0 Å². The van der Waals surface area contributed by atoms with Crippen molar-refractivity contribution in [1.29, 1.82) is 0 Å². The van der Waals surface area contributed by atoms with Crippen LogP contribution in [0, 0.1) is 0 Å². The molecule has 126 valence electrons. The summed E-state index contributed by atoms with van der Waals surface area (Å²) in [6.07, 6.45) is 5.57. The van der Waals surface area contributed by atoms with Crippen molar-refractivity contribution in [1.82, 2.24) is 25.3 Å². The lowest BCUT2D eigenvalue weighted by atomic mass is 10.2. The van der Waals surface area contributed by atoms with Crippen LogP contribution in [-0.2, 0) is 4.79 Å². The molecule has 0 bridgehead atoms. The fraction of sp³-hybridized carbons (Fsp3) is 0.667. The number of urea groups is 1. The topological polar surface area (TPSA) is 80.3 Å². The average molecular weight is 320 g/mol. The summed E-state index contributed by atoms with van der Waals surface area (Å²) in [6, 6.07) is 0.254. The number of guanidine groups is 1. The average Bonchev–Trinajstić information content (AvgIpc) is 3.27. The van der Waals surface area contributed by atoms with Gasteiger partial charge in [0.1, 0.15) is 0 Å². The van der Waals surface area contributed by atoms with Gasteiger partial charge < -0.3 is 15.5 Å². The lowest BCUT2D eigenvalue weighted by molar-refractivity contribution is -0.124. The fourth-order valence-corrected chi connectivity index (χ4v) is 3.32. The minimum atomic E-state index is -0.311. The lowest BCUT2D eigenvalue weighted by Gasteiger charge is -2.25. The molecule has 8 nitrogen and oxygen atoms in total. The first-order valence-electron chi connectivity index (χ1n) is 8.12. The third kappa shape index (κ3) is 3.47. The van der Waals surface area contributed by atoms with Crippen LogP contribution >= 0.6 is 0 Å². The van der Waals surface area contributed by atoms with E-state index in [1.807, 2.05) is 0 Å². The van der Waals surface area contributed by atoms with Crippen LogP contribution in [0.3, 0.4) is 0 Å². The molecule has 3 aliphatic heterocycles. The zero-order valence-electron chi connectivity index (χ0n) is 13.5. The summed E-state index contributed by atoms with van der Waals surface area (Å²) in [7, 11) is 1.76. The zero-order valence-corrected chi connectivity index (χ0v) is 13.5. The van der Waals surface area contributed by atoms with E-state index in [-0.39, 0.29) is 18.5 Å². The molecule has 0 spiro atoms. The van der Waals surface area contributed by atoms with Crippen molar-refractivity contribution >= 4 is 17.9 Å². The molecular formula is C15H24N6O2. The van der Waals surface area contributed by atoms with Gasteiger partial charge in [0.25, 0.3) is 0 Å². The maximum absolute atomic E-state index is 11.5. The Kier molecular flexibility index (Phi) is 4.80. The molecule has 3 rings (SSSR count). The van der Waals surface area contributed by atoms with Gasteiger partial charge >= 0.3 is 6.03 Å². The summed E-state index contributed by atoms with van der Waals surface area (Å²) in [5.41, 5.74) is 0. The first-order chi connectivity index (χ1) is 11.2. The highest BCUT2D eigenvalue weighted by atomic mass is 16.2. The van der Waals surface area contributed by atoms with Crippen LogP contribution in [0.1, 0.15) is 6.42 Å². The van der Waals surface area contributed by atoms with Gasteiger partial charge in [0.15, 0.2) is 5.96 Å². The number of hydrogen-bond acceptors (Lipinski definition) is 4. The monoisotopic (exact) mass is 320 g/mol. The van der Waals surface area contributed by atoms with Gasteiger partial charge in [-0.15, -0.1) is 0 Å². The molecule has 0 aromatic carbocycles. The van der Waals surface area contributed by atoms with Gasteiger partial charge in [0, 0.05) is 52.4 Å². The molecule has 1 atom stereocenters. The van der Waals surface area contributed by atoms with Gasteiger partial charge in [-0.2, -0.15) is 0 Å². The van der Waals surface area contributed by atoms with E-state index in [1.165, 1.54) is 4.90 Å². The smallest absolute Gasteiger partial charge is 0.324 e. The van der Waals surface area contributed by atoms with Crippen molar-refractivity contribution in [2.45, 2.75) is 12.5 Å². The molecule has 0 saturated carbocycles. The Hall–Kier alpha value is -2.09. The van der Waals surface area contributed by atoms with Gasteiger partial charge in [-0.05, 0) is 6.42 Å². The third-order valence-electron chi connectivity index (χ3n) is 4.59. The summed E-state index contributed by atoms with van der Waals surface area (Å²) in [6.45, 7) is 4.99. The van der Waals surface area contributed by atoms with E-state index in [2.05, 4.69) is 37.6 Å². The van der Waals surface area contributed by atoms with Crippen LogP contribution in [0.4, 0.5) is 4.79 Å². The van der Waals surface area contributed by atoms with Crippen LogP contribution in [0.2, 0.25) is 0 Å². The molecule has 1 unspecified atom stereocenters. The number of likely N-dealkylation sites (tertiary alicyclic amines) is 1. The second-order valence-corrected chi connectivity index (χ2v) is 5.99. The van der Waals surface area contributed by atoms with Crippen LogP contribution in [0.25, 0.3) is 0 Å². The highest BCUT2D eigenvalue weighted by Gasteiger charge is 2.30. The summed E-state index contributed by atoms with van der Waals surface area (Å²) < 4.78 is 0. The molecular weight excluding hydrogens is 296 g/mol. The van der Waals surface area contributed by atoms with E-state index in [4.69, 9.17) is 0 Å². The van der Waals surface area contributed by atoms with Crippen molar-refractivity contribution < 1.29 is 9.59 Å². The van der Waals surface area contributed by atoms with Crippen molar-refractivity contribution in [3.05, 3.63) is 12.2 Å². The maximum atomic E-state index is 11.5. The SMILES string of the molecule is CN=C(NCCN1C(=O)CNC1=O)N1CCC(N2CC=CC2)C1. The number of nitrogens with zero attached hydrogens (tertiary/aromatic N) is 4. The zero-order chi connectivity index (χ0) is 16.2. The van der Waals surface area contributed by atoms with E-state index in [1.54, 1.807) is 7.05 Å². The molecule has 8 heteroatoms. The van der Waals surface area contributed by atoms with Crippen molar-refractivity contribution in [2.75, 3.05) is 52.9 Å². The van der Waals surface area contributed by atoms with Gasteiger partial charge in [0.05, 0.1) is 6.54 Å². The standard InChI is InChI=1S/C15H24N6O2/c1-16-14(17-5-9-21-13(22)10-18-15(21)23)20-8-4-12(11-20)19-6-2-3-7-19/h2-3,12H,4-11H2,1H3,(H,16,17)(H,18,23). The summed E-state index contributed by atoms with van der Waals surface area (Å²) >= 11 is 0. The molecule has 0 aromatic heterocycles. The number of amides is 3. The Labute approximate surface area is 136 Å². The highest BCUT2D eigenvalue weighted by molar-refractivity contribution is 6.01. The molecule has 3 aliphatic rings. The quantitative estimate of drug-likeness (QED) is 0.302. The fourth-order valence-electron chi connectivity index (χ4n) is 3.32. The van der Waals surface area contributed by atoms with Crippen LogP contribution in [0.5, 0.6) is 0 Å². The van der Waals surface area contributed by atoms with E-state index in [9.17, 15) is 9.59 Å². The predicted octanol–water partition coefficient (Wildman–Crippen LogP) is -0.940. The Balaban J connectivity index is 1.45. The van der Waals surface area contributed by atoms with Crippen LogP contribution < -0.4 is 10.6 Å². The van der Waals surface area contributed by atoms with Crippen molar-refractivity contribution in [2.24, 2.45) is 4.99 Å². The van der Waals surface area contributed by atoms with Gasteiger partial charge in [-0.3, -0.25) is 19.6 Å². The summed E-state index contributed by atoms with van der Waals surface area (Å²) in [4.78, 5) is 33.3. The molecule has 2 fully saturated rings. The molecule has 2 saturated heterocycles. The molecule has 3 amide bonds. The number of imide groups is 1. The predicted molar refractivity (Wildman–Crippen MR) is 87.2 cm³/mol. The van der Waals surface area contributed by atoms with Crippen molar-refractivity contribution in [3.63, 3.8) is 0 Å². The van der Waals surface area contributed by atoms with Gasteiger partial charge in [-0.1, -0.05) is 12.2 Å². The maximum Gasteiger partial charge on any atom is 0.324 e. The minimum Gasteiger partial charge on any atom is -0.354 e. The van der Waals surface area contributed by atoms with Crippen LogP contribution in [0.15, 0.2) is 17.1 Å². The number of hydrogen-bond donors (Lipinski definition) is 2. The van der Waals surface area contributed by atoms with E-state index >= 15 is 0 Å². The molecule has 3 heterocycles. The Bertz CT molecular complexity index is 508. The second kappa shape index (κ2) is 6.99. The normalized spacial score (nSPS) is 25.6. The second-order valence-electron chi connectivity index (χ2n) is 5.99. The summed E-state index contributed by atoms with van der Waals surface area (Å²) in [5, 5.41) is 5.78. The third-order valence-corrected chi connectivity index (χ3v) is 4.59. The number of carbonyl (C=O) groups is 2. The first-order valence-corrected chi connectivity index (χ1v) is 8.12. The van der Waals surface area contributed by atoms with Gasteiger partial charge in [-0.25, -0.2) is 4.79 Å². The first kappa shape index (κ1) is 15.8. The molecule has 0 radical (unpaired) electrons. The summed E-state index contributed by atoms with van der Waals surface area (Å²) in [5.74, 6) is 0.668. The number of rotatable bonds is 4. The van der Waals surface area contributed by atoms with Gasteiger partial charge in [0.2, 0.25) is 5.91 Å². The van der Waals surface area contributed by atoms with E-state index in [0.717, 1.165) is 38.6 Å². The van der Waals surface area contributed by atoms with Crippen LogP contribution in [-0.4, -0.2) is 91.5 Å². The molecule has 23 heavy (non-hydrogen) atoms. The molecule has 2 N–H and O–H groups in total. The van der Waals surface area contributed by atoms with Crippen molar-refractivity contribution in [3.8, 4) is 0 Å². The largest absolute Gasteiger partial charge is 0.354 e. The Morgan fingerprint density at radius 2 is 2.17 bits per heavy atom. The van der Waals surface area contributed by atoms with E-state index in [0.29, 0.717) is 19.1 Å². The minimum absolute atomic E-state index is 0.102. The number of carbonyl (C=O) groups excluding carboxylic acids is 2. The molecule has 0 aliphatic carbocycles. The highest BCUT2D eigenvalue weighted by Crippen LogP contribution is 2.17. The number of aliphatic imine (C=N–C) groups is 1. The lowest BCUT2D eigenvalue weighted by Crippen LogP contribution is -2.45.